The van der Waals surface area contributed by atoms with Gasteiger partial charge in [-0.15, -0.1) is 0 Å². The second-order valence-corrected chi connectivity index (χ2v) is 4.97. The van der Waals surface area contributed by atoms with Crippen molar-refractivity contribution in [2.45, 2.75) is 33.6 Å². The molecule has 0 unspecified atom stereocenters. The van der Waals surface area contributed by atoms with Crippen molar-refractivity contribution in [3.05, 3.63) is 29.3 Å². The summed E-state index contributed by atoms with van der Waals surface area (Å²) < 4.78 is 0. The molecule has 0 radical (unpaired) electrons. The number of aliphatic hydroxyl groups excluding tert-OH is 1. The minimum atomic E-state index is -0.162. The van der Waals surface area contributed by atoms with Gasteiger partial charge in [-0.1, -0.05) is 31.8 Å². The number of carbonyl (C=O) groups is 1. The van der Waals surface area contributed by atoms with E-state index in [-0.39, 0.29) is 12.5 Å². The third-order valence-corrected chi connectivity index (χ3v) is 2.77. The molecule has 1 rings (SSSR count). The van der Waals surface area contributed by atoms with Crippen molar-refractivity contribution in [2.75, 3.05) is 11.9 Å². The van der Waals surface area contributed by atoms with Crippen LogP contribution in [0.25, 0.3) is 0 Å². The molecule has 0 aliphatic heterocycles. The van der Waals surface area contributed by atoms with Crippen LogP contribution in [0.3, 0.4) is 0 Å². The van der Waals surface area contributed by atoms with E-state index in [4.69, 9.17) is 5.11 Å². The zero-order valence-electron chi connectivity index (χ0n) is 11.8. The summed E-state index contributed by atoms with van der Waals surface area (Å²) in [7, 11) is 0. The predicted molar refractivity (Wildman–Crippen MR) is 77.8 cm³/mol. The number of carbonyl (C=O) groups excluding carboxylic acids is 1. The number of hydrogen-bond donors (Lipinski definition) is 2. The van der Waals surface area contributed by atoms with Crippen molar-refractivity contribution < 1.29 is 9.90 Å². The average molecular weight is 259 g/mol. The molecule has 0 atom stereocenters. The van der Waals surface area contributed by atoms with Crippen LogP contribution in [-0.2, 0) is 4.79 Å². The second-order valence-electron chi connectivity index (χ2n) is 4.97. The van der Waals surface area contributed by atoms with Crippen LogP contribution in [0.4, 0.5) is 5.69 Å². The number of hydrogen-bond acceptors (Lipinski definition) is 2. The van der Waals surface area contributed by atoms with Crippen LogP contribution in [-0.4, -0.2) is 17.6 Å². The first-order valence-electron chi connectivity index (χ1n) is 6.53. The summed E-state index contributed by atoms with van der Waals surface area (Å²) in [6.07, 6.45) is 1.41. The summed E-state index contributed by atoms with van der Waals surface area (Å²) in [6.45, 7) is 5.99. The third kappa shape index (κ3) is 5.58. The molecule has 2 N–H and O–H groups in total. The van der Waals surface area contributed by atoms with Crippen molar-refractivity contribution in [1.82, 2.24) is 0 Å². The summed E-state index contributed by atoms with van der Waals surface area (Å²) in [5, 5.41) is 11.6. The first kappa shape index (κ1) is 15.3. The first-order valence-corrected chi connectivity index (χ1v) is 6.53. The molecule has 0 fully saturated rings. The van der Waals surface area contributed by atoms with Crippen LogP contribution in [0.15, 0.2) is 18.2 Å². The van der Waals surface area contributed by atoms with E-state index < -0.39 is 0 Å². The molecule has 1 aromatic carbocycles. The lowest BCUT2D eigenvalue weighted by molar-refractivity contribution is -0.116. The third-order valence-electron chi connectivity index (χ3n) is 2.77. The fourth-order valence-electron chi connectivity index (χ4n) is 1.61. The van der Waals surface area contributed by atoms with Gasteiger partial charge in [0.25, 0.3) is 0 Å². The number of rotatable bonds is 4. The Balaban J connectivity index is 2.71. The fraction of sp³-hybridized carbons (Fsp3) is 0.438. The SMILES string of the molecule is Cc1ccc(NC(=O)CCC(C)C)cc1C#CCO. The molecular formula is C16H21NO2. The van der Waals surface area contributed by atoms with Gasteiger partial charge >= 0.3 is 0 Å². The molecule has 3 heteroatoms. The Bertz CT molecular complexity index is 495. The highest BCUT2D eigenvalue weighted by Crippen LogP contribution is 2.15. The highest BCUT2D eigenvalue weighted by atomic mass is 16.2. The quantitative estimate of drug-likeness (QED) is 0.817. The van der Waals surface area contributed by atoms with Crippen molar-refractivity contribution in [3.63, 3.8) is 0 Å². The van der Waals surface area contributed by atoms with Crippen molar-refractivity contribution >= 4 is 11.6 Å². The molecule has 19 heavy (non-hydrogen) atoms. The van der Waals surface area contributed by atoms with Gasteiger partial charge < -0.3 is 10.4 Å². The number of benzene rings is 1. The Morgan fingerprint density at radius 1 is 1.42 bits per heavy atom. The number of aryl methyl sites for hydroxylation is 1. The van der Waals surface area contributed by atoms with E-state index in [2.05, 4.69) is 31.0 Å². The van der Waals surface area contributed by atoms with Gasteiger partial charge in [0, 0.05) is 17.7 Å². The van der Waals surface area contributed by atoms with Crippen LogP contribution >= 0.6 is 0 Å². The van der Waals surface area contributed by atoms with Gasteiger partial charge in [0.1, 0.15) is 6.61 Å². The normalized spacial score (nSPS) is 9.95. The molecule has 0 bridgehead atoms. The molecule has 0 spiro atoms. The summed E-state index contributed by atoms with van der Waals surface area (Å²) in [6, 6.07) is 5.62. The molecular weight excluding hydrogens is 238 g/mol. The maximum Gasteiger partial charge on any atom is 0.224 e. The molecule has 0 aliphatic carbocycles. The molecule has 0 aliphatic rings. The van der Waals surface area contributed by atoms with Crippen LogP contribution in [0.1, 0.15) is 37.8 Å². The van der Waals surface area contributed by atoms with Crippen molar-refractivity contribution in [3.8, 4) is 11.8 Å². The van der Waals surface area contributed by atoms with Crippen molar-refractivity contribution in [1.29, 1.82) is 0 Å². The van der Waals surface area contributed by atoms with E-state index in [1.54, 1.807) is 0 Å². The summed E-state index contributed by atoms with van der Waals surface area (Å²) in [5.74, 6) is 6.04. The molecule has 1 aromatic rings. The van der Waals surface area contributed by atoms with Gasteiger partial charge in [0.15, 0.2) is 0 Å². The average Bonchev–Trinajstić information content (AvgIpc) is 2.37. The van der Waals surface area contributed by atoms with Crippen LogP contribution < -0.4 is 5.32 Å². The van der Waals surface area contributed by atoms with Gasteiger partial charge in [0.2, 0.25) is 5.91 Å². The number of amides is 1. The largest absolute Gasteiger partial charge is 0.384 e. The molecule has 102 valence electrons. The minimum absolute atomic E-state index is 0.0265. The Morgan fingerprint density at radius 2 is 2.16 bits per heavy atom. The van der Waals surface area contributed by atoms with E-state index in [0.29, 0.717) is 12.3 Å². The fourth-order valence-corrected chi connectivity index (χ4v) is 1.61. The van der Waals surface area contributed by atoms with Gasteiger partial charge in [-0.3, -0.25) is 4.79 Å². The van der Waals surface area contributed by atoms with Gasteiger partial charge in [-0.2, -0.15) is 0 Å². The maximum atomic E-state index is 11.7. The summed E-state index contributed by atoms with van der Waals surface area (Å²) >= 11 is 0. The molecule has 1 amide bonds. The van der Waals surface area contributed by atoms with E-state index in [1.165, 1.54) is 0 Å². The Hall–Kier alpha value is -1.79. The number of anilines is 1. The van der Waals surface area contributed by atoms with Gasteiger partial charge in [-0.05, 0) is 37.0 Å². The van der Waals surface area contributed by atoms with Gasteiger partial charge in [-0.25, -0.2) is 0 Å². The molecule has 0 aromatic heterocycles. The first-order chi connectivity index (χ1) is 9.02. The zero-order valence-corrected chi connectivity index (χ0v) is 11.8. The van der Waals surface area contributed by atoms with Crippen molar-refractivity contribution in [2.24, 2.45) is 5.92 Å². The molecule has 0 heterocycles. The monoisotopic (exact) mass is 259 g/mol. The van der Waals surface area contributed by atoms with E-state index >= 15 is 0 Å². The Kier molecular flexibility index (Phi) is 6.11. The van der Waals surface area contributed by atoms with E-state index in [0.717, 1.165) is 23.2 Å². The molecule has 3 nitrogen and oxygen atoms in total. The van der Waals surface area contributed by atoms with E-state index in [1.807, 2.05) is 25.1 Å². The smallest absolute Gasteiger partial charge is 0.224 e. The predicted octanol–water partition coefficient (Wildman–Crippen LogP) is 2.71. The summed E-state index contributed by atoms with van der Waals surface area (Å²) in [5.41, 5.74) is 2.61. The van der Waals surface area contributed by atoms with Gasteiger partial charge in [0.05, 0.1) is 0 Å². The second kappa shape index (κ2) is 7.60. The molecule has 0 saturated carbocycles. The molecule has 0 saturated heterocycles. The number of nitrogens with one attached hydrogen (secondary N) is 1. The highest BCUT2D eigenvalue weighted by Gasteiger charge is 2.05. The Morgan fingerprint density at radius 3 is 2.79 bits per heavy atom. The maximum absolute atomic E-state index is 11.7. The lowest BCUT2D eigenvalue weighted by Gasteiger charge is -2.08. The van der Waals surface area contributed by atoms with E-state index in [9.17, 15) is 4.79 Å². The van der Waals surface area contributed by atoms with Crippen LogP contribution in [0, 0.1) is 24.7 Å². The summed E-state index contributed by atoms with van der Waals surface area (Å²) in [4.78, 5) is 11.7. The standard InChI is InChI=1S/C16H21NO2/c1-12(2)6-9-16(19)17-15-8-7-13(3)14(11-15)5-4-10-18/h7-8,11-12,18H,6,9-10H2,1-3H3,(H,17,19). The van der Waals surface area contributed by atoms with Crippen LogP contribution in [0.5, 0.6) is 0 Å². The lowest BCUT2D eigenvalue weighted by atomic mass is 10.1. The minimum Gasteiger partial charge on any atom is -0.384 e. The zero-order chi connectivity index (χ0) is 14.3. The number of aliphatic hydroxyl groups is 1. The highest BCUT2D eigenvalue weighted by molar-refractivity contribution is 5.90. The lowest BCUT2D eigenvalue weighted by Crippen LogP contribution is -2.12. The van der Waals surface area contributed by atoms with Crippen LogP contribution in [0.2, 0.25) is 0 Å². The topological polar surface area (TPSA) is 49.3 Å². The Labute approximate surface area is 115 Å².